The molecule has 2 saturated heterocycles. The number of carbonyl (C=O) groups excluding carboxylic acids is 2. The van der Waals surface area contributed by atoms with E-state index in [1.165, 1.54) is 24.1 Å². The van der Waals surface area contributed by atoms with Crippen molar-refractivity contribution in [2.45, 2.75) is 44.4 Å². The van der Waals surface area contributed by atoms with Crippen LogP contribution in [0.3, 0.4) is 0 Å². The summed E-state index contributed by atoms with van der Waals surface area (Å²) in [6, 6.07) is 1.02. The number of ether oxygens (including phenoxy) is 1. The molecule has 0 bridgehead atoms. The maximum Gasteiger partial charge on any atom is 0.418 e. The van der Waals surface area contributed by atoms with Gasteiger partial charge in [-0.25, -0.2) is 18.7 Å². The van der Waals surface area contributed by atoms with Crippen LogP contribution in [-0.2, 0) is 15.8 Å². The highest BCUT2D eigenvalue weighted by Crippen LogP contribution is 2.45. The largest absolute Gasteiger partial charge is 0.462 e. The van der Waals surface area contributed by atoms with Gasteiger partial charge in [-0.15, -0.1) is 11.3 Å². The van der Waals surface area contributed by atoms with Gasteiger partial charge in [-0.1, -0.05) is 11.6 Å². The maximum atomic E-state index is 16.8. The summed E-state index contributed by atoms with van der Waals surface area (Å²) < 4.78 is 80.8. The van der Waals surface area contributed by atoms with Gasteiger partial charge in [-0.3, -0.25) is 9.59 Å². The van der Waals surface area contributed by atoms with E-state index in [0.29, 0.717) is 0 Å². The number of primary amides is 1. The van der Waals surface area contributed by atoms with E-state index in [0.717, 1.165) is 42.9 Å². The number of nitrogen functional groups attached to an aromatic ring is 1. The minimum Gasteiger partial charge on any atom is -0.462 e. The molecular formula is C33H33ClF5N9O3S. The second kappa shape index (κ2) is 14.7. The second-order valence-electron chi connectivity index (χ2n) is 12.6. The smallest absolute Gasteiger partial charge is 0.418 e. The summed E-state index contributed by atoms with van der Waals surface area (Å²) in [4.78, 5) is 47.0. The van der Waals surface area contributed by atoms with Crippen LogP contribution < -0.4 is 21.1 Å². The van der Waals surface area contributed by atoms with Crippen LogP contribution in [0.2, 0.25) is 5.02 Å². The average molecular weight is 766 g/mol. The Bertz CT molecular complexity index is 2050. The van der Waals surface area contributed by atoms with Gasteiger partial charge in [0.05, 0.1) is 27.9 Å². The molecule has 1 aromatic carbocycles. The molecule has 19 heteroatoms. The van der Waals surface area contributed by atoms with Crippen LogP contribution in [0.25, 0.3) is 28.2 Å². The number of alkyl halides is 3. The Hall–Kier alpha value is -4.68. The SMILES string of the molecule is Cc1cc(N)nc(-c2c(Cl)cc3c(N4CCN(C(=O)/C(F)=C/c5nccs5)[C@@H](CC(N)=O)C4)nc(OC[C@@H]4CCCN4C)nc3c2F)c1C(F)(F)F. The molecule has 5 heterocycles. The Kier molecular flexibility index (Phi) is 10.5. The topological polar surface area (TPSA) is 157 Å². The van der Waals surface area contributed by atoms with E-state index in [-0.39, 0.29) is 72.3 Å². The number of nitrogens with two attached hydrogens (primary N) is 2. The Morgan fingerprint density at radius 2 is 1.92 bits per heavy atom. The highest BCUT2D eigenvalue weighted by Gasteiger charge is 2.39. The third-order valence-corrected chi connectivity index (χ3v) is 10.1. The van der Waals surface area contributed by atoms with E-state index >= 15 is 8.78 Å². The molecule has 4 aromatic rings. The second-order valence-corrected chi connectivity index (χ2v) is 13.9. The number of aromatic nitrogens is 4. The first-order valence-electron chi connectivity index (χ1n) is 16.1. The van der Waals surface area contributed by atoms with Gasteiger partial charge in [0, 0.05) is 55.1 Å². The van der Waals surface area contributed by atoms with E-state index < -0.39 is 63.0 Å². The van der Waals surface area contributed by atoms with Gasteiger partial charge >= 0.3 is 12.2 Å². The van der Waals surface area contributed by atoms with Crippen molar-refractivity contribution in [2.24, 2.45) is 5.73 Å². The number of halogens is 6. The lowest BCUT2D eigenvalue weighted by Gasteiger charge is -2.41. The van der Waals surface area contributed by atoms with Crippen LogP contribution in [0.4, 0.5) is 33.6 Å². The molecule has 6 rings (SSSR count). The molecule has 0 aliphatic carbocycles. The van der Waals surface area contributed by atoms with Crippen molar-refractivity contribution in [2.75, 3.05) is 50.5 Å². The van der Waals surface area contributed by atoms with Gasteiger partial charge in [0.15, 0.2) is 11.6 Å². The molecule has 2 atom stereocenters. The molecule has 2 fully saturated rings. The number of likely N-dealkylation sites (tertiary alicyclic amines) is 1. The minimum atomic E-state index is -4.94. The van der Waals surface area contributed by atoms with Crippen LogP contribution in [-0.4, -0.2) is 93.5 Å². The van der Waals surface area contributed by atoms with Crippen molar-refractivity contribution in [3.8, 4) is 17.3 Å². The Labute approximate surface area is 303 Å². The van der Waals surface area contributed by atoms with Gasteiger partial charge < -0.3 is 30.9 Å². The third kappa shape index (κ3) is 7.59. The number of thiazole rings is 1. The van der Waals surface area contributed by atoms with Crippen molar-refractivity contribution in [1.82, 2.24) is 29.7 Å². The summed E-state index contributed by atoms with van der Waals surface area (Å²) in [6.07, 6.45) is -1.09. The number of carbonyl (C=O) groups is 2. The van der Waals surface area contributed by atoms with Gasteiger partial charge in [0.25, 0.3) is 5.91 Å². The summed E-state index contributed by atoms with van der Waals surface area (Å²) in [6.45, 7) is 1.93. The number of nitrogens with zero attached hydrogens (tertiary/aromatic N) is 7. The van der Waals surface area contributed by atoms with E-state index in [9.17, 15) is 22.8 Å². The quantitative estimate of drug-likeness (QED) is 0.171. The number of amides is 2. The van der Waals surface area contributed by atoms with Crippen molar-refractivity contribution in [3.63, 3.8) is 0 Å². The van der Waals surface area contributed by atoms with Crippen LogP contribution in [0.1, 0.15) is 35.4 Å². The van der Waals surface area contributed by atoms with Gasteiger partial charge in [0.2, 0.25) is 5.91 Å². The number of aryl methyl sites for hydroxylation is 1. The summed E-state index contributed by atoms with van der Waals surface area (Å²) >= 11 is 7.70. The molecule has 2 aliphatic heterocycles. The number of likely N-dealkylation sites (N-methyl/N-ethyl adjacent to an activating group) is 1. The highest BCUT2D eigenvalue weighted by molar-refractivity contribution is 7.10. The first-order chi connectivity index (χ1) is 24.6. The highest BCUT2D eigenvalue weighted by atomic mass is 35.5. The fourth-order valence-corrected chi connectivity index (χ4v) is 7.45. The van der Waals surface area contributed by atoms with Crippen LogP contribution in [0.15, 0.2) is 29.5 Å². The summed E-state index contributed by atoms with van der Waals surface area (Å²) in [5.41, 5.74) is 7.94. The molecule has 0 spiro atoms. The number of benzene rings is 1. The first-order valence-corrected chi connectivity index (χ1v) is 17.4. The van der Waals surface area contributed by atoms with Crippen LogP contribution >= 0.6 is 22.9 Å². The van der Waals surface area contributed by atoms with E-state index in [1.807, 2.05) is 7.05 Å². The molecule has 4 N–H and O–H groups in total. The Morgan fingerprint density at radius 1 is 1.15 bits per heavy atom. The molecule has 12 nitrogen and oxygen atoms in total. The lowest BCUT2D eigenvalue weighted by Crippen LogP contribution is -2.56. The van der Waals surface area contributed by atoms with Gasteiger partial charge in [0.1, 0.15) is 28.8 Å². The van der Waals surface area contributed by atoms with Gasteiger partial charge in [-0.2, -0.15) is 23.1 Å². The number of hydrogen-bond donors (Lipinski definition) is 2. The predicted molar refractivity (Wildman–Crippen MR) is 186 cm³/mol. The van der Waals surface area contributed by atoms with E-state index in [2.05, 4.69) is 24.8 Å². The van der Waals surface area contributed by atoms with Crippen LogP contribution in [0, 0.1) is 12.7 Å². The molecule has 52 heavy (non-hydrogen) atoms. The number of piperazine rings is 1. The third-order valence-electron chi connectivity index (χ3n) is 9.06. The summed E-state index contributed by atoms with van der Waals surface area (Å²) in [7, 11) is 1.93. The van der Waals surface area contributed by atoms with Crippen LogP contribution in [0.5, 0.6) is 6.01 Å². The normalized spacial score (nSPS) is 18.7. The first kappa shape index (κ1) is 37.1. The molecule has 0 saturated carbocycles. The maximum absolute atomic E-state index is 16.8. The number of hydrogen-bond acceptors (Lipinski definition) is 11. The summed E-state index contributed by atoms with van der Waals surface area (Å²) in [5, 5.41) is 1.45. The molecule has 0 radical (unpaired) electrons. The lowest BCUT2D eigenvalue weighted by atomic mass is 9.98. The lowest BCUT2D eigenvalue weighted by molar-refractivity contribution is -0.137. The number of fused-ring (bicyclic) bond motifs is 1. The van der Waals surface area contributed by atoms with Gasteiger partial charge in [-0.05, 0) is 51.1 Å². The fourth-order valence-electron chi connectivity index (χ4n) is 6.62. The standard InChI is InChI=1S/C33H33ClF5N9O3S/c1-16-10-22(40)43-29(26(16)33(37,38)39)25-20(34)12-19-28(27(25)36)44-32(51-15-17-4-3-6-46(17)2)45-30(19)47-7-8-48(18(14-47)11-23(41)49)31(50)21(35)13-24-42-5-9-52-24/h5,9-10,12-13,17-18H,3-4,6-8,11,14-15H2,1-2H3,(H2,40,43)(H2,41,49)/b21-13-/t17-,18-/m0/s1. The van der Waals surface area contributed by atoms with E-state index in [4.69, 9.17) is 27.8 Å². The van der Waals surface area contributed by atoms with Crippen molar-refractivity contribution >= 4 is 63.4 Å². The zero-order valence-electron chi connectivity index (χ0n) is 27.9. The monoisotopic (exact) mass is 765 g/mol. The Balaban J connectivity index is 1.45. The predicted octanol–water partition coefficient (Wildman–Crippen LogP) is 5.23. The molecule has 3 aromatic heterocycles. The van der Waals surface area contributed by atoms with Crippen molar-refractivity contribution < 1.29 is 36.3 Å². The van der Waals surface area contributed by atoms with Crippen molar-refractivity contribution in [1.29, 1.82) is 0 Å². The molecule has 2 aliphatic rings. The number of anilines is 2. The molecule has 0 unspecified atom stereocenters. The molecular weight excluding hydrogens is 733 g/mol. The average Bonchev–Trinajstić information content (AvgIpc) is 3.73. The minimum absolute atomic E-state index is 0.00165. The zero-order chi connectivity index (χ0) is 37.5. The zero-order valence-corrected chi connectivity index (χ0v) is 29.5. The van der Waals surface area contributed by atoms with Crippen molar-refractivity contribution in [3.05, 3.63) is 56.5 Å². The molecule has 2 amide bonds. The number of rotatable bonds is 9. The summed E-state index contributed by atoms with van der Waals surface area (Å²) in [5.74, 6) is -4.30. The van der Waals surface area contributed by atoms with E-state index in [1.54, 1.807) is 10.3 Å². The molecule has 276 valence electrons. The number of pyridine rings is 1. The fraction of sp³-hybridized carbons (Fsp3) is 0.394. The Morgan fingerprint density at radius 3 is 2.58 bits per heavy atom.